The first-order valence-electron chi connectivity index (χ1n) is 6.53. The van der Waals surface area contributed by atoms with Gasteiger partial charge in [0.15, 0.2) is 0 Å². The molecule has 1 atom stereocenters. The predicted molar refractivity (Wildman–Crippen MR) is 79.4 cm³/mol. The lowest BCUT2D eigenvalue weighted by molar-refractivity contribution is 0.629. The lowest BCUT2D eigenvalue weighted by atomic mass is 9.95. The zero-order chi connectivity index (χ0) is 13.0. The van der Waals surface area contributed by atoms with Crippen LogP contribution in [0.1, 0.15) is 43.7 Å². The van der Waals surface area contributed by atoms with Gasteiger partial charge in [0.25, 0.3) is 0 Å². The number of nitrogens with one attached hydrogen (secondary N) is 1. The Balaban J connectivity index is 2.32. The van der Waals surface area contributed by atoms with Crippen molar-refractivity contribution in [1.29, 1.82) is 0 Å². The molecule has 1 nitrogen and oxygen atoms in total. The standard InChI is InChI=1S/C15H19Cl2N/c1-18-15(11-6-4-2-3-5-7-11)13-10-12(16)8-9-14(13)17/h6,8-10,15,18H,2-5,7H2,1H3. The van der Waals surface area contributed by atoms with Gasteiger partial charge in [-0.3, -0.25) is 0 Å². The maximum Gasteiger partial charge on any atom is 0.0548 e. The highest BCUT2D eigenvalue weighted by molar-refractivity contribution is 6.33. The number of allylic oxidation sites excluding steroid dienone is 1. The molecule has 0 spiro atoms. The minimum absolute atomic E-state index is 0.189. The zero-order valence-electron chi connectivity index (χ0n) is 10.7. The summed E-state index contributed by atoms with van der Waals surface area (Å²) in [5, 5.41) is 4.89. The van der Waals surface area contributed by atoms with E-state index < -0.39 is 0 Å². The minimum atomic E-state index is 0.189. The Morgan fingerprint density at radius 1 is 1.17 bits per heavy atom. The van der Waals surface area contributed by atoms with Crippen LogP contribution in [0.15, 0.2) is 29.8 Å². The lowest BCUT2D eigenvalue weighted by Gasteiger charge is -2.21. The molecule has 0 saturated carbocycles. The van der Waals surface area contributed by atoms with E-state index >= 15 is 0 Å². The summed E-state index contributed by atoms with van der Waals surface area (Å²) >= 11 is 12.4. The number of likely N-dealkylation sites (N-methyl/N-ethyl adjacent to an activating group) is 1. The quantitative estimate of drug-likeness (QED) is 0.757. The van der Waals surface area contributed by atoms with E-state index in [2.05, 4.69) is 11.4 Å². The molecule has 1 aliphatic carbocycles. The Morgan fingerprint density at radius 2 is 2.00 bits per heavy atom. The molecule has 0 fully saturated rings. The minimum Gasteiger partial charge on any atom is -0.310 e. The van der Waals surface area contributed by atoms with Gasteiger partial charge in [0.2, 0.25) is 0 Å². The van der Waals surface area contributed by atoms with Gasteiger partial charge in [-0.2, -0.15) is 0 Å². The molecule has 2 rings (SSSR count). The number of benzene rings is 1. The molecule has 0 saturated heterocycles. The topological polar surface area (TPSA) is 12.0 Å². The zero-order valence-corrected chi connectivity index (χ0v) is 12.2. The fraction of sp³-hybridized carbons (Fsp3) is 0.467. The first-order chi connectivity index (χ1) is 8.72. The van der Waals surface area contributed by atoms with Gasteiger partial charge < -0.3 is 5.32 Å². The molecule has 0 aromatic heterocycles. The molecule has 0 heterocycles. The summed E-state index contributed by atoms with van der Waals surface area (Å²) in [5.41, 5.74) is 2.53. The molecule has 1 N–H and O–H groups in total. The van der Waals surface area contributed by atoms with Crippen LogP contribution in [0, 0.1) is 0 Å². The van der Waals surface area contributed by atoms with Crippen LogP contribution in [0.4, 0.5) is 0 Å². The summed E-state index contributed by atoms with van der Waals surface area (Å²) in [6.45, 7) is 0. The normalized spacial score (nSPS) is 18.1. The fourth-order valence-electron chi connectivity index (χ4n) is 2.58. The monoisotopic (exact) mass is 283 g/mol. The van der Waals surface area contributed by atoms with Gasteiger partial charge in [-0.25, -0.2) is 0 Å². The number of hydrogen-bond acceptors (Lipinski definition) is 1. The fourth-order valence-corrected chi connectivity index (χ4v) is 2.99. The highest BCUT2D eigenvalue weighted by Crippen LogP contribution is 2.34. The smallest absolute Gasteiger partial charge is 0.0548 e. The highest BCUT2D eigenvalue weighted by atomic mass is 35.5. The Labute approximate surface area is 119 Å². The number of hydrogen-bond donors (Lipinski definition) is 1. The first-order valence-corrected chi connectivity index (χ1v) is 7.29. The van der Waals surface area contributed by atoms with Crippen molar-refractivity contribution in [3.63, 3.8) is 0 Å². The highest BCUT2D eigenvalue weighted by Gasteiger charge is 2.18. The van der Waals surface area contributed by atoms with E-state index in [0.717, 1.165) is 22.0 Å². The van der Waals surface area contributed by atoms with E-state index in [0.29, 0.717) is 0 Å². The van der Waals surface area contributed by atoms with Crippen molar-refractivity contribution in [3.05, 3.63) is 45.5 Å². The molecule has 0 radical (unpaired) electrons. The third kappa shape index (κ3) is 3.28. The molecular weight excluding hydrogens is 265 g/mol. The van der Waals surface area contributed by atoms with Crippen LogP contribution < -0.4 is 5.32 Å². The van der Waals surface area contributed by atoms with Crippen LogP contribution in [-0.4, -0.2) is 7.05 Å². The van der Waals surface area contributed by atoms with Crippen molar-refractivity contribution in [2.24, 2.45) is 0 Å². The maximum atomic E-state index is 6.30. The predicted octanol–water partition coefficient (Wildman–Crippen LogP) is 5.14. The molecule has 3 heteroatoms. The molecule has 1 aromatic carbocycles. The second kappa shape index (κ2) is 6.60. The Morgan fingerprint density at radius 3 is 2.78 bits per heavy atom. The maximum absolute atomic E-state index is 6.30. The van der Waals surface area contributed by atoms with E-state index in [1.807, 2.05) is 25.2 Å². The third-order valence-corrected chi connectivity index (χ3v) is 4.08. The Bertz CT molecular complexity index is 440. The van der Waals surface area contributed by atoms with Crippen molar-refractivity contribution in [3.8, 4) is 0 Å². The summed E-state index contributed by atoms with van der Waals surface area (Å²) in [5.74, 6) is 0. The molecule has 18 heavy (non-hydrogen) atoms. The van der Waals surface area contributed by atoms with Crippen molar-refractivity contribution < 1.29 is 0 Å². The molecule has 1 aromatic rings. The second-order valence-corrected chi connectivity index (χ2v) is 5.61. The van der Waals surface area contributed by atoms with Gasteiger partial charge >= 0.3 is 0 Å². The Kier molecular flexibility index (Phi) is 5.11. The van der Waals surface area contributed by atoms with E-state index in [9.17, 15) is 0 Å². The largest absolute Gasteiger partial charge is 0.310 e. The van der Waals surface area contributed by atoms with Crippen molar-refractivity contribution in [1.82, 2.24) is 5.32 Å². The average molecular weight is 284 g/mol. The van der Waals surface area contributed by atoms with Gasteiger partial charge in [0, 0.05) is 10.0 Å². The van der Waals surface area contributed by atoms with Crippen LogP contribution in [0.3, 0.4) is 0 Å². The summed E-state index contributed by atoms with van der Waals surface area (Å²) in [4.78, 5) is 0. The molecule has 98 valence electrons. The van der Waals surface area contributed by atoms with Crippen LogP contribution in [0.5, 0.6) is 0 Å². The van der Waals surface area contributed by atoms with Crippen molar-refractivity contribution in [2.75, 3.05) is 7.05 Å². The van der Waals surface area contributed by atoms with Crippen LogP contribution in [0.25, 0.3) is 0 Å². The van der Waals surface area contributed by atoms with Gasteiger partial charge in [-0.15, -0.1) is 0 Å². The van der Waals surface area contributed by atoms with E-state index in [1.165, 1.54) is 31.3 Å². The molecule has 0 amide bonds. The number of rotatable bonds is 3. The lowest BCUT2D eigenvalue weighted by Crippen LogP contribution is -2.19. The summed E-state index contributed by atoms with van der Waals surface area (Å²) < 4.78 is 0. The third-order valence-electron chi connectivity index (χ3n) is 3.50. The number of halogens is 2. The van der Waals surface area contributed by atoms with Crippen LogP contribution in [0.2, 0.25) is 10.0 Å². The summed E-state index contributed by atoms with van der Waals surface area (Å²) in [6.07, 6.45) is 8.57. The average Bonchev–Trinajstić information content (AvgIpc) is 2.64. The molecular formula is C15H19Cl2N. The van der Waals surface area contributed by atoms with Crippen molar-refractivity contribution in [2.45, 2.75) is 38.1 Å². The molecule has 0 bridgehead atoms. The van der Waals surface area contributed by atoms with Gasteiger partial charge in [0.05, 0.1) is 6.04 Å². The van der Waals surface area contributed by atoms with Gasteiger partial charge in [0.1, 0.15) is 0 Å². The first kappa shape index (κ1) is 13.9. The molecule has 0 aliphatic heterocycles. The van der Waals surface area contributed by atoms with E-state index in [-0.39, 0.29) is 6.04 Å². The van der Waals surface area contributed by atoms with Gasteiger partial charge in [-0.1, -0.05) is 41.3 Å². The van der Waals surface area contributed by atoms with E-state index in [1.54, 1.807) is 0 Å². The van der Waals surface area contributed by atoms with Crippen molar-refractivity contribution >= 4 is 23.2 Å². The molecule has 1 unspecified atom stereocenters. The second-order valence-electron chi connectivity index (χ2n) is 4.77. The Hall–Kier alpha value is -0.500. The van der Waals surface area contributed by atoms with Crippen LogP contribution in [-0.2, 0) is 0 Å². The summed E-state index contributed by atoms with van der Waals surface area (Å²) in [7, 11) is 1.98. The van der Waals surface area contributed by atoms with Crippen LogP contribution >= 0.6 is 23.2 Å². The van der Waals surface area contributed by atoms with E-state index in [4.69, 9.17) is 23.2 Å². The molecule has 1 aliphatic rings. The summed E-state index contributed by atoms with van der Waals surface area (Å²) in [6, 6.07) is 5.87. The SMILES string of the molecule is CNC(C1=CCCCCC1)c1cc(Cl)ccc1Cl. The van der Waals surface area contributed by atoms with Gasteiger partial charge in [-0.05, 0) is 56.5 Å².